The van der Waals surface area contributed by atoms with E-state index in [9.17, 15) is 0 Å². The van der Waals surface area contributed by atoms with Crippen LogP contribution in [-0.2, 0) is 23.3 Å². The first-order valence-electron chi connectivity index (χ1n) is 10.4. The van der Waals surface area contributed by atoms with Gasteiger partial charge in [-0.1, -0.05) is 95.1 Å². The number of rotatable bonds is 1. The second-order valence-corrected chi connectivity index (χ2v) is 8.59. The fraction of sp³-hybridized carbons (Fsp3) is 0.0323. The first-order chi connectivity index (χ1) is 15.7. The van der Waals surface area contributed by atoms with Gasteiger partial charge in [-0.05, 0) is 10.0 Å². The van der Waals surface area contributed by atoms with Gasteiger partial charge in [0, 0.05) is 0 Å². The predicted molar refractivity (Wildman–Crippen MR) is 168 cm³/mol. The topological polar surface area (TPSA) is 0 Å². The van der Waals surface area contributed by atoms with Gasteiger partial charge in [-0.25, -0.2) is 0 Å². The zero-order valence-corrected chi connectivity index (χ0v) is 27.3. The Balaban J connectivity index is 0.000000580. The van der Waals surface area contributed by atoms with E-state index in [1.165, 1.54) is 72.3 Å². The molecule has 186 valence electrons. The summed E-state index contributed by atoms with van der Waals surface area (Å²) in [5, 5.41) is 7.99. The summed E-state index contributed by atoms with van der Waals surface area (Å²) in [5.74, 6) is 0. The molecule has 0 N–H and O–H groups in total. The monoisotopic (exact) mass is 668 g/mol. The first kappa shape index (κ1) is 34.5. The number of fused-ring (bicyclic) bond motifs is 4. The van der Waals surface area contributed by atoms with Gasteiger partial charge in [0.2, 0.25) is 0 Å². The van der Waals surface area contributed by atoms with E-state index in [-0.39, 0.29) is 39.7 Å². The molecule has 0 heterocycles. The van der Waals surface area contributed by atoms with Gasteiger partial charge >= 0.3 is 30.2 Å². The Morgan fingerprint density at radius 1 is 0.611 bits per heavy atom. The van der Waals surface area contributed by atoms with Crippen molar-refractivity contribution in [3.63, 3.8) is 0 Å². The van der Waals surface area contributed by atoms with E-state index in [0.29, 0.717) is 0 Å². The Morgan fingerprint density at radius 2 is 1.19 bits per heavy atom. The zero-order valence-electron chi connectivity index (χ0n) is 20.6. The summed E-state index contributed by atoms with van der Waals surface area (Å²) in [4.78, 5) is 0. The number of aryl methyl sites for hydroxylation is 1. The molecule has 6 aromatic rings. The predicted octanol–water partition coefficient (Wildman–Crippen LogP) is 10.4. The van der Waals surface area contributed by atoms with E-state index in [1.54, 1.807) is 0 Å². The van der Waals surface area contributed by atoms with E-state index >= 15 is 0 Å². The minimum absolute atomic E-state index is 0. The number of benzene rings is 4. The SMILES string of the molecule is Brc1ccc2c(c1)[cH-]c1ccccc12.Cc1cc2c(-c3ccccc3)cccc2[cH-]1.Cl.Cl.[CH3-].[CH3-].[Si]=[Zr]. The van der Waals surface area contributed by atoms with Crippen molar-refractivity contribution in [2.24, 2.45) is 0 Å². The molecule has 36 heavy (non-hydrogen) atoms. The molecule has 6 rings (SSSR count). The molecule has 0 aliphatic carbocycles. The number of hydrogen-bond acceptors (Lipinski definition) is 0. The van der Waals surface area contributed by atoms with Crippen molar-refractivity contribution < 1.29 is 23.3 Å². The zero-order chi connectivity index (χ0) is 22.5. The Morgan fingerprint density at radius 3 is 1.92 bits per heavy atom. The van der Waals surface area contributed by atoms with E-state index in [0.717, 1.165) is 4.47 Å². The van der Waals surface area contributed by atoms with Gasteiger partial charge < -0.3 is 14.9 Å². The van der Waals surface area contributed by atoms with Gasteiger partial charge in [-0.3, -0.25) is 0 Å². The van der Waals surface area contributed by atoms with Crippen molar-refractivity contribution in [2.45, 2.75) is 6.92 Å². The third-order valence-electron chi connectivity index (χ3n) is 5.56. The Labute approximate surface area is 253 Å². The Bertz CT molecular complexity index is 1490. The van der Waals surface area contributed by atoms with Crippen LogP contribution in [0.5, 0.6) is 0 Å². The molecule has 0 bridgehead atoms. The average molecular weight is 672 g/mol. The van der Waals surface area contributed by atoms with Crippen LogP contribution in [-0.4, -0.2) is 6.88 Å². The van der Waals surface area contributed by atoms with Crippen molar-refractivity contribution >= 4 is 79.9 Å². The van der Waals surface area contributed by atoms with Gasteiger partial charge in [0.15, 0.2) is 0 Å². The molecule has 6 aromatic carbocycles. The van der Waals surface area contributed by atoms with Crippen molar-refractivity contribution in [1.29, 1.82) is 0 Å². The van der Waals surface area contributed by atoms with Crippen LogP contribution in [0.2, 0.25) is 0 Å². The van der Waals surface area contributed by atoms with E-state index in [1.807, 2.05) is 0 Å². The molecular formula is C31H29BrCl2SiZr-4. The van der Waals surface area contributed by atoms with Crippen molar-refractivity contribution in [3.05, 3.63) is 134 Å². The maximum absolute atomic E-state index is 3.49. The molecule has 0 amide bonds. The van der Waals surface area contributed by atoms with Gasteiger partial charge in [0.1, 0.15) is 0 Å². The molecule has 0 spiro atoms. The Kier molecular flexibility index (Phi) is 15.7. The van der Waals surface area contributed by atoms with Crippen molar-refractivity contribution in [1.82, 2.24) is 0 Å². The molecule has 0 unspecified atom stereocenters. The molecule has 5 heteroatoms. The quantitative estimate of drug-likeness (QED) is 0.121. The molecule has 0 fully saturated rings. The fourth-order valence-corrected chi connectivity index (χ4v) is 4.57. The fourth-order valence-electron chi connectivity index (χ4n) is 4.19. The van der Waals surface area contributed by atoms with E-state index in [4.69, 9.17) is 0 Å². The van der Waals surface area contributed by atoms with Crippen LogP contribution in [0.4, 0.5) is 0 Å². The normalized spacial score (nSPS) is 9.25. The second kappa shape index (κ2) is 16.4. The summed E-state index contributed by atoms with van der Waals surface area (Å²) >= 11 is 4.85. The molecule has 0 aliphatic rings. The minimum atomic E-state index is 0. The molecule has 0 saturated carbocycles. The third-order valence-corrected chi connectivity index (χ3v) is 6.05. The second-order valence-electron chi connectivity index (χ2n) is 7.67. The van der Waals surface area contributed by atoms with Crippen molar-refractivity contribution in [3.8, 4) is 11.1 Å². The molecule has 0 atom stereocenters. The summed E-state index contributed by atoms with van der Waals surface area (Å²) in [6.07, 6.45) is 0. The van der Waals surface area contributed by atoms with E-state index in [2.05, 4.69) is 139 Å². The van der Waals surface area contributed by atoms with Crippen LogP contribution in [0, 0.1) is 21.8 Å². The molecule has 0 aliphatic heterocycles. The van der Waals surface area contributed by atoms with Crippen LogP contribution in [0.25, 0.3) is 43.4 Å². The number of hydrogen-bond donors (Lipinski definition) is 0. The van der Waals surface area contributed by atoms with Crippen molar-refractivity contribution in [2.75, 3.05) is 0 Å². The molecule has 2 radical (unpaired) electrons. The Hall–Kier alpha value is -1.48. The van der Waals surface area contributed by atoms with Crippen LogP contribution in [0.1, 0.15) is 5.56 Å². The first-order valence-corrected chi connectivity index (χ1v) is 15.4. The summed E-state index contributed by atoms with van der Waals surface area (Å²) in [5.41, 5.74) is 3.95. The molecule has 0 saturated heterocycles. The van der Waals surface area contributed by atoms with Gasteiger partial charge in [0.05, 0.1) is 0 Å². The van der Waals surface area contributed by atoms with Crippen LogP contribution in [0.3, 0.4) is 0 Å². The molecular weight excluding hydrogens is 642 g/mol. The summed E-state index contributed by atoms with van der Waals surface area (Å²) < 4.78 is 1.14. The summed E-state index contributed by atoms with van der Waals surface area (Å²) in [6.45, 7) is 5.21. The average Bonchev–Trinajstić information content (AvgIpc) is 3.40. The number of halogens is 3. The third kappa shape index (κ3) is 7.76. The van der Waals surface area contributed by atoms with Gasteiger partial charge in [-0.2, -0.15) is 6.07 Å². The summed E-state index contributed by atoms with van der Waals surface area (Å²) in [6, 6.07) is 38.7. The van der Waals surface area contributed by atoms with Crippen LogP contribution < -0.4 is 0 Å². The summed E-state index contributed by atoms with van der Waals surface area (Å²) in [7, 11) is 0. The van der Waals surface area contributed by atoms with Crippen LogP contribution >= 0.6 is 40.7 Å². The maximum atomic E-state index is 3.49. The van der Waals surface area contributed by atoms with Gasteiger partial charge in [-0.15, -0.1) is 99.1 Å². The van der Waals surface area contributed by atoms with Gasteiger partial charge in [0.25, 0.3) is 0 Å². The molecule has 0 aromatic heterocycles. The van der Waals surface area contributed by atoms with E-state index < -0.39 is 0 Å². The standard InChI is InChI=1S/C16H13.C13H8Br.2CH3.2ClH.Si.Zr/c1-12-10-14-8-5-9-15(16(14)11-12)13-6-3-2-4-7-13;14-11-5-6-13-10(8-11)7-9-3-1-2-4-12(9)13;;;;;;/h2-11H,1H3;1-8H;2*1H3;2*1H;;/q4*-1;;;;. The van der Waals surface area contributed by atoms with Crippen LogP contribution in [0.15, 0.2) is 114 Å². The molecule has 0 nitrogen and oxygen atoms in total.